The fourth-order valence-electron chi connectivity index (χ4n) is 2.17. The SMILES string of the molecule is COC(=O)c1csc(NCCOC2CCCCC2)n1. The van der Waals surface area contributed by atoms with Gasteiger partial charge in [-0.3, -0.25) is 0 Å². The van der Waals surface area contributed by atoms with Crippen molar-refractivity contribution in [2.45, 2.75) is 38.2 Å². The maximum Gasteiger partial charge on any atom is 0.357 e. The van der Waals surface area contributed by atoms with Crippen molar-refractivity contribution in [3.8, 4) is 0 Å². The van der Waals surface area contributed by atoms with Gasteiger partial charge < -0.3 is 14.8 Å². The molecule has 0 radical (unpaired) electrons. The average Bonchev–Trinajstić information content (AvgIpc) is 2.93. The van der Waals surface area contributed by atoms with E-state index in [9.17, 15) is 4.79 Å². The summed E-state index contributed by atoms with van der Waals surface area (Å²) in [5.74, 6) is -0.400. The number of hydrogen-bond donors (Lipinski definition) is 1. The number of carbonyl (C=O) groups excluding carboxylic acids is 1. The highest BCUT2D eigenvalue weighted by Gasteiger charge is 2.13. The highest BCUT2D eigenvalue weighted by Crippen LogP contribution is 2.20. The van der Waals surface area contributed by atoms with Crippen LogP contribution in [0, 0.1) is 0 Å². The lowest BCUT2D eigenvalue weighted by Crippen LogP contribution is -2.20. The van der Waals surface area contributed by atoms with Crippen LogP contribution in [0.15, 0.2) is 5.38 Å². The van der Waals surface area contributed by atoms with Gasteiger partial charge in [-0.1, -0.05) is 19.3 Å². The maximum absolute atomic E-state index is 11.2. The normalized spacial score (nSPS) is 16.3. The summed E-state index contributed by atoms with van der Waals surface area (Å²) in [6, 6.07) is 0. The Morgan fingerprint density at radius 3 is 3.00 bits per heavy atom. The van der Waals surface area contributed by atoms with Crippen LogP contribution in [0.4, 0.5) is 5.13 Å². The van der Waals surface area contributed by atoms with Crippen LogP contribution < -0.4 is 5.32 Å². The van der Waals surface area contributed by atoms with Gasteiger partial charge in [0.05, 0.1) is 19.8 Å². The summed E-state index contributed by atoms with van der Waals surface area (Å²) in [7, 11) is 1.35. The molecule has 0 saturated heterocycles. The second-order valence-electron chi connectivity index (χ2n) is 4.59. The van der Waals surface area contributed by atoms with Crippen LogP contribution in [0.1, 0.15) is 42.6 Å². The average molecular weight is 284 g/mol. The molecule has 1 saturated carbocycles. The zero-order chi connectivity index (χ0) is 13.5. The van der Waals surface area contributed by atoms with Gasteiger partial charge in [-0.2, -0.15) is 0 Å². The zero-order valence-electron chi connectivity index (χ0n) is 11.2. The first-order chi connectivity index (χ1) is 9.29. The molecule has 19 heavy (non-hydrogen) atoms. The van der Waals surface area contributed by atoms with E-state index in [-0.39, 0.29) is 0 Å². The lowest BCUT2D eigenvalue weighted by molar-refractivity contribution is 0.0347. The molecule has 0 aliphatic heterocycles. The Labute approximate surface area is 117 Å². The predicted octanol–water partition coefficient (Wildman–Crippen LogP) is 2.69. The van der Waals surface area contributed by atoms with E-state index >= 15 is 0 Å². The molecule has 1 aliphatic carbocycles. The number of hydrogen-bond acceptors (Lipinski definition) is 6. The van der Waals surface area contributed by atoms with E-state index in [1.54, 1.807) is 5.38 Å². The number of nitrogens with one attached hydrogen (secondary N) is 1. The first-order valence-electron chi connectivity index (χ1n) is 6.69. The molecule has 106 valence electrons. The summed E-state index contributed by atoms with van der Waals surface area (Å²) in [4.78, 5) is 15.4. The number of rotatable bonds is 6. The third-order valence-corrected chi connectivity index (χ3v) is 3.98. The Kier molecular flexibility index (Phi) is 5.60. The predicted molar refractivity (Wildman–Crippen MR) is 74.8 cm³/mol. The summed E-state index contributed by atoms with van der Waals surface area (Å²) in [6.07, 6.45) is 6.71. The molecule has 1 heterocycles. The number of thiazole rings is 1. The third kappa shape index (κ3) is 4.47. The Morgan fingerprint density at radius 2 is 2.26 bits per heavy atom. The standard InChI is InChI=1S/C13H20N2O3S/c1-17-12(16)11-9-19-13(15-11)14-7-8-18-10-5-3-2-4-6-10/h9-10H,2-8H2,1H3,(H,14,15). The van der Waals surface area contributed by atoms with E-state index in [1.807, 2.05) is 0 Å². The third-order valence-electron chi connectivity index (χ3n) is 3.18. The first kappa shape index (κ1) is 14.3. The Hall–Kier alpha value is -1.14. The second-order valence-corrected chi connectivity index (χ2v) is 5.45. The van der Waals surface area contributed by atoms with Gasteiger partial charge in [0.25, 0.3) is 0 Å². The van der Waals surface area contributed by atoms with Gasteiger partial charge in [0.2, 0.25) is 0 Å². The molecule has 2 rings (SSSR count). The molecule has 1 aliphatic rings. The molecule has 0 unspecified atom stereocenters. The second kappa shape index (κ2) is 7.45. The van der Waals surface area contributed by atoms with Crippen LogP contribution in [0.5, 0.6) is 0 Å². The molecular formula is C13H20N2O3S. The van der Waals surface area contributed by atoms with Gasteiger partial charge >= 0.3 is 5.97 Å². The van der Waals surface area contributed by atoms with Crippen molar-refractivity contribution in [1.82, 2.24) is 4.98 Å². The van der Waals surface area contributed by atoms with Gasteiger partial charge in [0, 0.05) is 11.9 Å². The number of anilines is 1. The van der Waals surface area contributed by atoms with Crippen molar-refractivity contribution in [1.29, 1.82) is 0 Å². The molecule has 1 fully saturated rings. The summed E-state index contributed by atoms with van der Waals surface area (Å²) in [6.45, 7) is 1.39. The molecule has 1 aromatic rings. The van der Waals surface area contributed by atoms with Gasteiger partial charge in [0.1, 0.15) is 0 Å². The molecule has 0 atom stereocenters. The number of esters is 1. The summed E-state index contributed by atoms with van der Waals surface area (Å²) in [5.41, 5.74) is 0.350. The Balaban J connectivity index is 1.65. The van der Waals surface area contributed by atoms with Crippen molar-refractivity contribution in [2.24, 2.45) is 0 Å². The quantitative estimate of drug-likeness (QED) is 0.643. The van der Waals surface area contributed by atoms with Crippen LogP contribution in [-0.2, 0) is 9.47 Å². The number of aromatic nitrogens is 1. The minimum absolute atomic E-state index is 0.350. The maximum atomic E-state index is 11.2. The van der Waals surface area contributed by atoms with Crippen molar-refractivity contribution in [3.05, 3.63) is 11.1 Å². The molecule has 5 nitrogen and oxygen atoms in total. The Bertz CT molecular complexity index is 402. The largest absolute Gasteiger partial charge is 0.464 e. The highest BCUT2D eigenvalue weighted by molar-refractivity contribution is 7.13. The minimum Gasteiger partial charge on any atom is -0.464 e. The van der Waals surface area contributed by atoms with Crippen molar-refractivity contribution in [3.63, 3.8) is 0 Å². The van der Waals surface area contributed by atoms with E-state index < -0.39 is 5.97 Å². The fraction of sp³-hybridized carbons (Fsp3) is 0.692. The van der Waals surface area contributed by atoms with Gasteiger partial charge in [-0.15, -0.1) is 11.3 Å². The lowest BCUT2D eigenvalue weighted by atomic mass is 9.98. The highest BCUT2D eigenvalue weighted by atomic mass is 32.1. The zero-order valence-corrected chi connectivity index (χ0v) is 12.0. The minimum atomic E-state index is -0.400. The number of methoxy groups -OCH3 is 1. The summed E-state index contributed by atoms with van der Waals surface area (Å²) >= 11 is 1.40. The monoisotopic (exact) mass is 284 g/mol. The molecule has 0 bridgehead atoms. The van der Waals surface area contributed by atoms with E-state index in [0.717, 1.165) is 5.13 Å². The van der Waals surface area contributed by atoms with E-state index in [2.05, 4.69) is 15.0 Å². The number of carbonyl (C=O) groups is 1. The van der Waals surface area contributed by atoms with Crippen LogP contribution in [-0.4, -0.2) is 37.3 Å². The van der Waals surface area contributed by atoms with E-state index in [1.165, 1.54) is 50.6 Å². The molecule has 0 aromatic carbocycles. The molecule has 1 N–H and O–H groups in total. The summed E-state index contributed by atoms with van der Waals surface area (Å²) in [5, 5.41) is 5.58. The summed E-state index contributed by atoms with van der Waals surface area (Å²) < 4.78 is 10.4. The molecular weight excluding hydrogens is 264 g/mol. The fourth-order valence-corrected chi connectivity index (χ4v) is 2.88. The topological polar surface area (TPSA) is 60.5 Å². The molecule has 0 spiro atoms. The van der Waals surface area contributed by atoms with Crippen LogP contribution in [0.25, 0.3) is 0 Å². The van der Waals surface area contributed by atoms with E-state index in [4.69, 9.17) is 4.74 Å². The van der Waals surface area contributed by atoms with Gasteiger partial charge in [-0.05, 0) is 12.8 Å². The molecule has 0 amide bonds. The molecule has 1 aromatic heterocycles. The van der Waals surface area contributed by atoms with Crippen LogP contribution in [0.2, 0.25) is 0 Å². The van der Waals surface area contributed by atoms with Gasteiger partial charge in [0.15, 0.2) is 10.8 Å². The molecule has 6 heteroatoms. The number of nitrogens with zero attached hydrogens (tertiary/aromatic N) is 1. The number of ether oxygens (including phenoxy) is 2. The van der Waals surface area contributed by atoms with Crippen molar-refractivity contribution in [2.75, 3.05) is 25.6 Å². The van der Waals surface area contributed by atoms with Crippen LogP contribution in [0.3, 0.4) is 0 Å². The lowest BCUT2D eigenvalue weighted by Gasteiger charge is -2.21. The van der Waals surface area contributed by atoms with Gasteiger partial charge in [-0.25, -0.2) is 9.78 Å². The smallest absolute Gasteiger partial charge is 0.357 e. The Morgan fingerprint density at radius 1 is 1.47 bits per heavy atom. The van der Waals surface area contributed by atoms with Crippen molar-refractivity contribution < 1.29 is 14.3 Å². The first-order valence-corrected chi connectivity index (χ1v) is 7.57. The van der Waals surface area contributed by atoms with E-state index in [0.29, 0.717) is 24.9 Å². The van der Waals surface area contributed by atoms with Crippen LogP contribution >= 0.6 is 11.3 Å². The van der Waals surface area contributed by atoms with Crippen molar-refractivity contribution >= 4 is 22.4 Å².